The average Bonchev–Trinajstić information content (AvgIpc) is 2.27. The van der Waals surface area contributed by atoms with Gasteiger partial charge in [-0.2, -0.15) is 0 Å². The van der Waals surface area contributed by atoms with Crippen molar-refractivity contribution in [3.8, 4) is 11.8 Å². The number of ether oxygens (including phenoxy) is 1. The summed E-state index contributed by atoms with van der Waals surface area (Å²) in [5, 5.41) is 12.4. The molecule has 96 valence electrons. The molecule has 1 saturated carbocycles. The van der Waals surface area contributed by atoms with Gasteiger partial charge in [-0.05, 0) is 19.8 Å². The van der Waals surface area contributed by atoms with Crippen LogP contribution in [0, 0.1) is 17.3 Å². The van der Waals surface area contributed by atoms with Crippen molar-refractivity contribution in [1.82, 2.24) is 5.32 Å². The maximum Gasteiger partial charge on any atom is 0.296 e. The lowest BCUT2D eigenvalue weighted by Gasteiger charge is -2.60. The van der Waals surface area contributed by atoms with Crippen LogP contribution in [0.5, 0.6) is 0 Å². The summed E-state index contributed by atoms with van der Waals surface area (Å²) in [6.07, 6.45) is 0.691. The molecule has 2 N–H and O–H groups in total. The van der Waals surface area contributed by atoms with Crippen molar-refractivity contribution in [2.75, 3.05) is 13.2 Å². The summed E-state index contributed by atoms with van der Waals surface area (Å²) in [6.45, 7) is 8.08. The Bertz CT molecular complexity index is 353. The first-order chi connectivity index (χ1) is 7.93. The van der Waals surface area contributed by atoms with Gasteiger partial charge >= 0.3 is 0 Å². The zero-order chi connectivity index (χ0) is 13.1. The number of carbonyl (C=O) groups excluding carboxylic acids is 1. The van der Waals surface area contributed by atoms with E-state index in [1.807, 2.05) is 20.8 Å². The Labute approximate surface area is 103 Å². The summed E-state index contributed by atoms with van der Waals surface area (Å²) in [7, 11) is 0. The zero-order valence-corrected chi connectivity index (χ0v) is 11.0. The second-order valence-corrected chi connectivity index (χ2v) is 4.94. The summed E-state index contributed by atoms with van der Waals surface area (Å²) < 4.78 is 5.59. The Morgan fingerprint density at radius 2 is 2.24 bits per heavy atom. The van der Waals surface area contributed by atoms with E-state index < -0.39 is 5.54 Å². The molecular weight excluding hydrogens is 218 g/mol. The van der Waals surface area contributed by atoms with Gasteiger partial charge < -0.3 is 15.2 Å². The van der Waals surface area contributed by atoms with Crippen molar-refractivity contribution in [2.24, 2.45) is 5.41 Å². The van der Waals surface area contributed by atoms with Crippen LogP contribution in [0.2, 0.25) is 0 Å². The predicted molar refractivity (Wildman–Crippen MR) is 65.2 cm³/mol. The van der Waals surface area contributed by atoms with Crippen LogP contribution in [0.15, 0.2) is 0 Å². The van der Waals surface area contributed by atoms with E-state index in [-0.39, 0.29) is 24.0 Å². The summed E-state index contributed by atoms with van der Waals surface area (Å²) in [4.78, 5) is 11.5. The smallest absolute Gasteiger partial charge is 0.296 e. The van der Waals surface area contributed by atoms with Crippen molar-refractivity contribution in [1.29, 1.82) is 0 Å². The number of aliphatic hydroxyl groups excluding tert-OH is 1. The summed E-state index contributed by atoms with van der Waals surface area (Å²) >= 11 is 0. The van der Waals surface area contributed by atoms with Gasteiger partial charge in [-0.1, -0.05) is 19.8 Å². The second-order valence-electron chi connectivity index (χ2n) is 4.94. The molecule has 0 aliphatic heterocycles. The largest absolute Gasteiger partial charge is 0.394 e. The van der Waals surface area contributed by atoms with Gasteiger partial charge in [-0.25, -0.2) is 0 Å². The third kappa shape index (κ3) is 2.31. The van der Waals surface area contributed by atoms with Crippen molar-refractivity contribution >= 4 is 5.91 Å². The van der Waals surface area contributed by atoms with Crippen LogP contribution < -0.4 is 5.32 Å². The van der Waals surface area contributed by atoms with Gasteiger partial charge in [0.1, 0.15) is 0 Å². The van der Waals surface area contributed by atoms with Crippen LogP contribution in [0.3, 0.4) is 0 Å². The second kappa shape index (κ2) is 5.07. The molecule has 2 atom stereocenters. The highest BCUT2D eigenvalue weighted by Crippen LogP contribution is 2.51. The average molecular weight is 239 g/mol. The van der Waals surface area contributed by atoms with Crippen molar-refractivity contribution < 1.29 is 14.6 Å². The molecule has 0 heterocycles. The van der Waals surface area contributed by atoms with Crippen molar-refractivity contribution in [2.45, 2.75) is 45.8 Å². The maximum absolute atomic E-state index is 11.5. The fourth-order valence-corrected chi connectivity index (χ4v) is 2.36. The number of rotatable bonds is 4. The predicted octanol–water partition coefficient (Wildman–Crippen LogP) is 0.692. The van der Waals surface area contributed by atoms with Gasteiger partial charge in [0.15, 0.2) is 0 Å². The molecule has 17 heavy (non-hydrogen) atoms. The topological polar surface area (TPSA) is 58.6 Å². The molecule has 4 nitrogen and oxygen atoms in total. The van der Waals surface area contributed by atoms with Gasteiger partial charge in [-0.15, -0.1) is 0 Å². The van der Waals surface area contributed by atoms with E-state index in [1.54, 1.807) is 6.92 Å². The molecule has 4 heteroatoms. The van der Waals surface area contributed by atoms with Crippen LogP contribution in [0.4, 0.5) is 0 Å². The molecule has 1 rings (SSSR count). The molecule has 0 spiro atoms. The Balaban J connectivity index is 2.78. The van der Waals surface area contributed by atoms with E-state index in [2.05, 4.69) is 17.2 Å². The Hall–Kier alpha value is -1.05. The minimum absolute atomic E-state index is 0.0644. The van der Waals surface area contributed by atoms with Gasteiger partial charge in [0.2, 0.25) is 0 Å². The third-order valence-electron chi connectivity index (χ3n) is 3.80. The van der Waals surface area contributed by atoms with Crippen LogP contribution in [0.25, 0.3) is 0 Å². The number of aliphatic hydroxyl groups is 1. The van der Waals surface area contributed by atoms with Gasteiger partial charge in [0.25, 0.3) is 5.91 Å². The van der Waals surface area contributed by atoms with Crippen molar-refractivity contribution in [3.63, 3.8) is 0 Å². The molecule has 0 aromatic rings. The molecule has 0 aromatic heterocycles. The molecule has 1 aliphatic carbocycles. The number of amides is 1. The fourth-order valence-electron chi connectivity index (χ4n) is 2.36. The Kier molecular flexibility index (Phi) is 4.18. The van der Waals surface area contributed by atoms with Crippen LogP contribution >= 0.6 is 0 Å². The number of nitrogens with one attached hydrogen (secondary N) is 1. The first-order valence-electron chi connectivity index (χ1n) is 5.91. The van der Waals surface area contributed by atoms with E-state index in [4.69, 9.17) is 4.74 Å². The SMILES string of the molecule is CC#CC(=O)NC1(CO)CC(OCC)C1(C)C. The summed E-state index contributed by atoms with van der Waals surface area (Å²) in [5.74, 6) is 4.64. The van der Waals surface area contributed by atoms with Crippen molar-refractivity contribution in [3.05, 3.63) is 0 Å². The Morgan fingerprint density at radius 3 is 2.65 bits per heavy atom. The summed E-state index contributed by atoms with van der Waals surface area (Å²) in [6, 6.07) is 0. The standard InChI is InChI=1S/C13H21NO3/c1-5-7-11(16)14-13(9-15)8-10(17-6-2)12(13,3)4/h10,15H,6,8-9H2,1-4H3,(H,14,16). The molecule has 1 aliphatic rings. The minimum Gasteiger partial charge on any atom is -0.394 e. The number of carbonyl (C=O) groups is 1. The minimum atomic E-state index is -0.617. The molecule has 1 fully saturated rings. The highest BCUT2D eigenvalue weighted by atomic mass is 16.5. The first kappa shape index (κ1) is 14.0. The van der Waals surface area contributed by atoms with Gasteiger partial charge in [0, 0.05) is 18.4 Å². The highest BCUT2D eigenvalue weighted by Gasteiger charge is 2.61. The first-order valence-corrected chi connectivity index (χ1v) is 5.91. The van der Waals surface area contributed by atoms with E-state index in [1.165, 1.54) is 0 Å². The van der Waals surface area contributed by atoms with E-state index in [0.717, 1.165) is 0 Å². The lowest BCUT2D eigenvalue weighted by Crippen LogP contribution is -2.74. The summed E-state index contributed by atoms with van der Waals surface area (Å²) in [5.41, 5.74) is -0.906. The van der Waals surface area contributed by atoms with E-state index in [9.17, 15) is 9.90 Å². The molecule has 0 aromatic carbocycles. The zero-order valence-electron chi connectivity index (χ0n) is 11.0. The van der Waals surface area contributed by atoms with Crippen LogP contribution in [-0.4, -0.2) is 35.9 Å². The quantitative estimate of drug-likeness (QED) is 0.710. The molecule has 0 bridgehead atoms. The molecule has 0 saturated heterocycles. The van der Waals surface area contributed by atoms with E-state index >= 15 is 0 Å². The monoisotopic (exact) mass is 239 g/mol. The van der Waals surface area contributed by atoms with Crippen LogP contribution in [0.1, 0.15) is 34.1 Å². The molecule has 1 amide bonds. The highest BCUT2D eigenvalue weighted by molar-refractivity contribution is 5.94. The maximum atomic E-state index is 11.5. The molecule has 2 unspecified atom stereocenters. The molecular formula is C13H21NO3. The fraction of sp³-hybridized carbons (Fsp3) is 0.769. The lowest BCUT2D eigenvalue weighted by atomic mass is 9.54. The number of hydrogen-bond acceptors (Lipinski definition) is 3. The van der Waals surface area contributed by atoms with Gasteiger partial charge in [0.05, 0.1) is 18.2 Å². The van der Waals surface area contributed by atoms with Gasteiger partial charge in [-0.3, -0.25) is 4.79 Å². The third-order valence-corrected chi connectivity index (χ3v) is 3.80. The Morgan fingerprint density at radius 1 is 1.59 bits per heavy atom. The lowest BCUT2D eigenvalue weighted by molar-refractivity contribution is -0.179. The van der Waals surface area contributed by atoms with E-state index in [0.29, 0.717) is 13.0 Å². The molecule has 0 radical (unpaired) electrons. The normalized spacial score (nSPS) is 29.8. The number of hydrogen-bond donors (Lipinski definition) is 2. The van der Waals surface area contributed by atoms with Crippen LogP contribution in [-0.2, 0) is 9.53 Å².